The molecule has 0 radical (unpaired) electrons. The lowest BCUT2D eigenvalue weighted by Crippen LogP contribution is -2.50. The first-order valence-corrected chi connectivity index (χ1v) is 11.1. The molecule has 0 unspecified atom stereocenters. The van der Waals surface area contributed by atoms with Gasteiger partial charge in [0.05, 0.1) is 5.25 Å². The van der Waals surface area contributed by atoms with Crippen molar-refractivity contribution in [1.82, 2.24) is 20.7 Å². The molecule has 0 aromatic rings. The van der Waals surface area contributed by atoms with Gasteiger partial charge in [-0.3, -0.25) is 14.4 Å². The average molecular weight is 421 g/mol. The summed E-state index contributed by atoms with van der Waals surface area (Å²) >= 11 is 0. The fourth-order valence-electron chi connectivity index (χ4n) is 2.73. The summed E-state index contributed by atoms with van der Waals surface area (Å²) in [6.07, 6.45) is 3.38. The highest BCUT2D eigenvalue weighted by Crippen LogP contribution is 2.17. The number of aliphatic carboxylic acids is 1. The number of carboxylic acid groups (broad SMARTS) is 1. The van der Waals surface area contributed by atoms with Crippen molar-refractivity contribution >= 4 is 27.8 Å². The van der Waals surface area contributed by atoms with Gasteiger partial charge in [-0.15, -0.1) is 0 Å². The molecule has 0 aromatic heterocycles. The van der Waals surface area contributed by atoms with Crippen LogP contribution in [-0.2, 0) is 24.4 Å². The molecule has 28 heavy (non-hydrogen) atoms. The van der Waals surface area contributed by atoms with Crippen LogP contribution in [0.5, 0.6) is 0 Å². The predicted octanol–water partition coefficient (Wildman–Crippen LogP) is -0.830. The van der Waals surface area contributed by atoms with Crippen LogP contribution in [0.1, 0.15) is 46.0 Å². The zero-order valence-electron chi connectivity index (χ0n) is 16.5. The molecule has 1 fully saturated rings. The Bertz CT molecular complexity index is 632. The third-order valence-electron chi connectivity index (χ3n) is 4.64. The van der Waals surface area contributed by atoms with E-state index in [9.17, 15) is 22.8 Å². The third kappa shape index (κ3) is 9.47. The van der Waals surface area contributed by atoms with E-state index in [4.69, 9.17) is 5.11 Å². The molecule has 1 rings (SSSR count). The molecule has 0 aromatic carbocycles. The maximum atomic E-state index is 11.8. The Hall–Kier alpha value is -1.72. The van der Waals surface area contributed by atoms with E-state index in [0.29, 0.717) is 12.3 Å². The van der Waals surface area contributed by atoms with E-state index < -0.39 is 33.2 Å². The average Bonchev–Trinajstić information content (AvgIpc) is 2.64. The van der Waals surface area contributed by atoms with Crippen molar-refractivity contribution in [3.8, 4) is 0 Å². The van der Waals surface area contributed by atoms with Crippen LogP contribution in [0.2, 0.25) is 0 Å². The third-order valence-corrected chi connectivity index (χ3v) is 6.50. The first-order valence-electron chi connectivity index (χ1n) is 9.60. The number of hydrogen-bond donors (Lipinski definition) is 5. The highest BCUT2D eigenvalue weighted by molar-refractivity contribution is 7.90. The molecular formula is C17H32N4O6S. The van der Waals surface area contributed by atoms with Gasteiger partial charge in [0.15, 0.2) is 0 Å². The van der Waals surface area contributed by atoms with E-state index in [2.05, 4.69) is 20.7 Å². The zero-order valence-corrected chi connectivity index (χ0v) is 17.3. The van der Waals surface area contributed by atoms with Crippen molar-refractivity contribution < 1.29 is 27.9 Å². The SMILES string of the molecule is CC(C)S(=O)(=O)N[C@@H](CNC(=O)CCNC(=O)CCC1CCNCC1)C(=O)O. The van der Waals surface area contributed by atoms with E-state index in [1.807, 2.05) is 0 Å². The molecule has 0 saturated carbocycles. The van der Waals surface area contributed by atoms with Crippen LogP contribution in [0.25, 0.3) is 0 Å². The summed E-state index contributed by atoms with van der Waals surface area (Å²) in [6, 6.07) is -1.45. The van der Waals surface area contributed by atoms with Gasteiger partial charge in [-0.25, -0.2) is 8.42 Å². The lowest BCUT2D eigenvalue weighted by atomic mass is 9.93. The minimum Gasteiger partial charge on any atom is -0.480 e. The Morgan fingerprint density at radius 2 is 1.68 bits per heavy atom. The van der Waals surface area contributed by atoms with Gasteiger partial charge in [0.2, 0.25) is 21.8 Å². The van der Waals surface area contributed by atoms with E-state index in [0.717, 1.165) is 32.4 Å². The summed E-state index contributed by atoms with van der Waals surface area (Å²) in [5.41, 5.74) is 0. The summed E-state index contributed by atoms with van der Waals surface area (Å²) < 4.78 is 25.6. The van der Waals surface area contributed by atoms with E-state index in [-0.39, 0.29) is 25.4 Å². The van der Waals surface area contributed by atoms with Gasteiger partial charge < -0.3 is 21.1 Å². The van der Waals surface area contributed by atoms with Gasteiger partial charge in [0, 0.05) is 25.9 Å². The zero-order chi connectivity index (χ0) is 21.2. The number of piperidine rings is 1. The molecule has 1 aliphatic heterocycles. The van der Waals surface area contributed by atoms with Crippen LogP contribution in [0.3, 0.4) is 0 Å². The largest absolute Gasteiger partial charge is 0.480 e. The number of carbonyl (C=O) groups excluding carboxylic acids is 2. The lowest BCUT2D eigenvalue weighted by molar-refractivity contribution is -0.138. The quantitative estimate of drug-likeness (QED) is 0.276. The normalized spacial score (nSPS) is 16.5. The summed E-state index contributed by atoms with van der Waals surface area (Å²) in [5.74, 6) is -1.40. The summed E-state index contributed by atoms with van der Waals surface area (Å²) in [5, 5.41) is 16.6. The van der Waals surface area contributed by atoms with Crippen LogP contribution in [0.15, 0.2) is 0 Å². The van der Waals surface area contributed by atoms with Crippen molar-refractivity contribution in [1.29, 1.82) is 0 Å². The Kier molecular flexibility index (Phi) is 10.4. The Labute approximate surface area is 166 Å². The molecule has 11 heteroatoms. The van der Waals surface area contributed by atoms with Crippen LogP contribution < -0.4 is 20.7 Å². The molecule has 2 amide bonds. The highest BCUT2D eigenvalue weighted by Gasteiger charge is 2.26. The van der Waals surface area contributed by atoms with Crippen molar-refractivity contribution in [2.75, 3.05) is 26.2 Å². The number of carbonyl (C=O) groups is 3. The second-order valence-corrected chi connectivity index (χ2v) is 9.51. The minimum absolute atomic E-state index is 0.0115. The Balaban J connectivity index is 2.25. The van der Waals surface area contributed by atoms with Gasteiger partial charge in [-0.2, -0.15) is 4.72 Å². The van der Waals surface area contributed by atoms with Gasteiger partial charge in [-0.05, 0) is 52.1 Å². The Morgan fingerprint density at radius 3 is 2.25 bits per heavy atom. The fourth-order valence-corrected chi connectivity index (χ4v) is 3.58. The topological polar surface area (TPSA) is 154 Å². The smallest absolute Gasteiger partial charge is 0.323 e. The van der Waals surface area contributed by atoms with Crippen LogP contribution in [0, 0.1) is 5.92 Å². The van der Waals surface area contributed by atoms with Gasteiger partial charge in [0.1, 0.15) is 6.04 Å². The molecule has 1 atom stereocenters. The summed E-state index contributed by atoms with van der Waals surface area (Å²) in [7, 11) is -3.78. The van der Waals surface area contributed by atoms with Crippen molar-refractivity contribution in [2.45, 2.75) is 57.2 Å². The molecule has 162 valence electrons. The standard InChI is InChI=1S/C17H32N4O6S/c1-12(2)28(26,27)21-14(17(24)25)11-20-16(23)7-10-19-15(22)4-3-13-5-8-18-9-6-13/h12-14,18,21H,3-11H2,1-2H3,(H,19,22)(H,20,23)(H,24,25)/t14-/m0/s1. The maximum absolute atomic E-state index is 11.8. The second kappa shape index (κ2) is 12.0. The predicted molar refractivity (Wildman–Crippen MR) is 104 cm³/mol. The molecule has 5 N–H and O–H groups in total. The van der Waals surface area contributed by atoms with E-state index >= 15 is 0 Å². The summed E-state index contributed by atoms with van der Waals surface area (Å²) in [6.45, 7) is 4.59. The van der Waals surface area contributed by atoms with Gasteiger partial charge >= 0.3 is 5.97 Å². The van der Waals surface area contributed by atoms with Crippen molar-refractivity contribution in [3.63, 3.8) is 0 Å². The number of hydrogen-bond acceptors (Lipinski definition) is 6. The number of carboxylic acids is 1. The number of amides is 2. The second-order valence-electron chi connectivity index (χ2n) is 7.24. The molecule has 10 nitrogen and oxygen atoms in total. The van der Waals surface area contributed by atoms with Gasteiger partial charge in [-0.1, -0.05) is 0 Å². The number of sulfonamides is 1. The summed E-state index contributed by atoms with van der Waals surface area (Å²) in [4.78, 5) is 34.8. The van der Waals surface area contributed by atoms with E-state index in [1.54, 1.807) is 0 Å². The molecule has 0 spiro atoms. The number of nitrogens with one attached hydrogen (secondary N) is 4. The molecule has 0 aliphatic carbocycles. The first-order chi connectivity index (χ1) is 13.1. The maximum Gasteiger partial charge on any atom is 0.323 e. The minimum atomic E-state index is -3.78. The van der Waals surface area contributed by atoms with Crippen LogP contribution in [0.4, 0.5) is 0 Å². The Morgan fingerprint density at radius 1 is 1.07 bits per heavy atom. The molecular weight excluding hydrogens is 388 g/mol. The van der Waals surface area contributed by atoms with Gasteiger partial charge in [0.25, 0.3) is 0 Å². The molecule has 0 bridgehead atoms. The van der Waals surface area contributed by atoms with E-state index in [1.165, 1.54) is 13.8 Å². The first kappa shape index (κ1) is 24.3. The van der Waals surface area contributed by atoms with Crippen molar-refractivity contribution in [2.24, 2.45) is 5.92 Å². The molecule has 1 aliphatic rings. The monoisotopic (exact) mass is 420 g/mol. The van der Waals surface area contributed by atoms with Crippen LogP contribution >= 0.6 is 0 Å². The number of rotatable bonds is 12. The van der Waals surface area contributed by atoms with Crippen LogP contribution in [-0.4, -0.2) is 68.8 Å². The van der Waals surface area contributed by atoms with Crippen molar-refractivity contribution in [3.05, 3.63) is 0 Å². The lowest BCUT2D eigenvalue weighted by Gasteiger charge is -2.22. The fraction of sp³-hybridized carbons (Fsp3) is 0.824. The highest BCUT2D eigenvalue weighted by atomic mass is 32.2. The molecule has 1 saturated heterocycles. The molecule has 1 heterocycles.